The number of carbonyl (C=O) groups excluding carboxylic acids is 1. The van der Waals surface area contributed by atoms with Gasteiger partial charge < -0.3 is 43.6 Å². The van der Waals surface area contributed by atoms with Gasteiger partial charge in [-0.3, -0.25) is 0 Å². The molecule has 4 unspecified atom stereocenters. The Morgan fingerprint density at radius 3 is 1.82 bits per heavy atom. The highest BCUT2D eigenvalue weighted by molar-refractivity contribution is 5.68. The topological polar surface area (TPSA) is 131 Å². The van der Waals surface area contributed by atoms with Crippen LogP contribution in [0.15, 0.2) is 30.3 Å². The maximum Gasteiger partial charge on any atom is 0.407 e. The monoisotopic (exact) mass is 631 g/mol. The minimum Gasteiger partial charge on any atom is -0.480 e. The molecule has 3 saturated carbocycles. The maximum atomic E-state index is 12.0. The van der Waals surface area contributed by atoms with E-state index >= 15 is 0 Å². The molecule has 5 aliphatic rings. The van der Waals surface area contributed by atoms with Crippen LogP contribution < -0.4 is 5.32 Å². The molecule has 2 saturated heterocycles. The molecule has 0 radical (unpaired) electrons. The van der Waals surface area contributed by atoms with Crippen LogP contribution in [-0.4, -0.2) is 85.1 Å². The van der Waals surface area contributed by atoms with Crippen molar-refractivity contribution in [3.8, 4) is 0 Å². The normalized spacial score (nSPS) is 31.4. The summed E-state index contributed by atoms with van der Waals surface area (Å²) in [6.45, 7) is 0.905. The van der Waals surface area contributed by atoms with Crippen molar-refractivity contribution >= 4 is 12.1 Å². The van der Waals surface area contributed by atoms with Gasteiger partial charge in [-0.05, 0) is 44.1 Å². The molecule has 1 aromatic carbocycles. The summed E-state index contributed by atoms with van der Waals surface area (Å²) in [5, 5.41) is 12.3. The summed E-state index contributed by atoms with van der Waals surface area (Å²) in [6, 6.07) is 9.62. The molecule has 2 spiro atoms. The van der Waals surface area contributed by atoms with Crippen LogP contribution in [0.3, 0.4) is 0 Å². The van der Waals surface area contributed by atoms with Gasteiger partial charge >= 0.3 is 12.1 Å². The summed E-state index contributed by atoms with van der Waals surface area (Å²) in [7, 11) is 0. The van der Waals surface area contributed by atoms with Crippen LogP contribution in [0.1, 0.15) is 95.5 Å². The lowest BCUT2D eigenvalue weighted by molar-refractivity contribution is -0.228. The van der Waals surface area contributed by atoms with Crippen LogP contribution in [0.5, 0.6) is 0 Å². The molecule has 2 aliphatic heterocycles. The van der Waals surface area contributed by atoms with Gasteiger partial charge in [0.1, 0.15) is 49.8 Å². The highest BCUT2D eigenvalue weighted by atomic mass is 16.8. The van der Waals surface area contributed by atoms with Gasteiger partial charge in [0.2, 0.25) is 0 Å². The van der Waals surface area contributed by atoms with Gasteiger partial charge in [-0.15, -0.1) is 0 Å². The van der Waals surface area contributed by atoms with Crippen molar-refractivity contribution in [3.63, 3.8) is 0 Å². The van der Waals surface area contributed by atoms with Crippen LogP contribution in [0, 0.1) is 0 Å². The fourth-order valence-electron chi connectivity index (χ4n) is 7.67. The lowest BCUT2D eigenvalue weighted by Gasteiger charge is -2.42. The van der Waals surface area contributed by atoms with Crippen LogP contribution in [0.2, 0.25) is 0 Å². The SMILES string of the molecule is O=C(O)COC1C2OC3(CCCCC3)OC2C(OCCCCCCNC(=O)OCc2ccccc2)C2OC3(CCCCC3)OC12. The first-order chi connectivity index (χ1) is 22.0. The number of hydrogen-bond donors (Lipinski definition) is 2. The van der Waals surface area contributed by atoms with Crippen molar-refractivity contribution in [1.82, 2.24) is 5.32 Å². The number of carbonyl (C=O) groups is 2. The van der Waals surface area contributed by atoms with Crippen molar-refractivity contribution in [1.29, 1.82) is 0 Å². The number of alkyl carbamates (subject to hydrolysis) is 1. The molecular formula is C34H49NO10. The van der Waals surface area contributed by atoms with Crippen LogP contribution in [-0.2, 0) is 44.6 Å². The molecule has 0 bridgehead atoms. The van der Waals surface area contributed by atoms with Crippen molar-refractivity contribution in [2.24, 2.45) is 0 Å². The summed E-state index contributed by atoms with van der Waals surface area (Å²) in [5.74, 6) is -2.43. The Kier molecular flexibility index (Phi) is 10.9. The summed E-state index contributed by atoms with van der Waals surface area (Å²) in [6.07, 6.45) is 9.87. The second-order valence-corrected chi connectivity index (χ2v) is 13.2. The zero-order valence-electron chi connectivity index (χ0n) is 26.2. The van der Waals surface area contributed by atoms with Gasteiger partial charge in [0, 0.05) is 38.8 Å². The standard InChI is InChI=1S/C34H49NO10/c36-25(37)23-40-27-30-28(42-33(44-30)16-8-4-9-17-33)26(29-31(27)45-34(43-29)18-10-5-11-19-34)39-21-13-2-1-12-20-35-32(38)41-22-24-14-6-3-7-15-24/h3,6-7,14-15,26-31H,1-2,4-5,8-13,16-23H2,(H,35,38)(H,36,37). The quantitative estimate of drug-likeness (QED) is 0.279. The average Bonchev–Trinajstić information content (AvgIpc) is 3.59. The van der Waals surface area contributed by atoms with E-state index in [1.807, 2.05) is 30.3 Å². The number of ether oxygens (including phenoxy) is 7. The molecular weight excluding hydrogens is 582 g/mol. The van der Waals surface area contributed by atoms with E-state index in [0.29, 0.717) is 13.2 Å². The highest BCUT2D eigenvalue weighted by Gasteiger charge is 2.66. The third kappa shape index (κ3) is 8.00. The number of carboxylic acid groups (broad SMARTS) is 1. The van der Waals surface area contributed by atoms with E-state index < -0.39 is 66.9 Å². The van der Waals surface area contributed by atoms with Crippen LogP contribution >= 0.6 is 0 Å². The fraction of sp³-hybridized carbons (Fsp3) is 0.765. The summed E-state index contributed by atoms with van der Waals surface area (Å²) in [4.78, 5) is 23.5. The minimum absolute atomic E-state index is 0.257. The Hall–Kier alpha value is -2.28. The van der Waals surface area contributed by atoms with E-state index in [2.05, 4.69) is 5.32 Å². The number of carboxylic acids is 1. The molecule has 2 heterocycles. The summed E-state index contributed by atoms with van der Waals surface area (Å²) >= 11 is 0. The molecule has 11 nitrogen and oxygen atoms in total. The Balaban J connectivity index is 1.02. The molecule has 1 aromatic rings. The van der Waals surface area contributed by atoms with Crippen LogP contribution in [0.4, 0.5) is 4.79 Å². The Morgan fingerprint density at radius 1 is 0.733 bits per heavy atom. The van der Waals surface area contributed by atoms with Gasteiger partial charge in [-0.1, -0.05) is 56.0 Å². The first-order valence-corrected chi connectivity index (χ1v) is 17.1. The molecule has 250 valence electrons. The highest BCUT2D eigenvalue weighted by Crippen LogP contribution is 2.52. The lowest BCUT2D eigenvalue weighted by atomic mass is 9.84. The first-order valence-electron chi connectivity index (χ1n) is 17.1. The molecule has 3 aliphatic carbocycles. The van der Waals surface area contributed by atoms with Crippen molar-refractivity contribution < 1.29 is 47.9 Å². The summed E-state index contributed by atoms with van der Waals surface area (Å²) in [5.41, 5.74) is 0.957. The Morgan fingerprint density at radius 2 is 1.27 bits per heavy atom. The minimum atomic E-state index is -1.03. The van der Waals surface area contributed by atoms with Gasteiger partial charge in [0.05, 0.1) is 0 Å². The average molecular weight is 632 g/mol. The van der Waals surface area contributed by atoms with Crippen LogP contribution in [0.25, 0.3) is 0 Å². The van der Waals surface area contributed by atoms with E-state index in [4.69, 9.17) is 33.2 Å². The number of nitrogens with one attached hydrogen (secondary N) is 1. The molecule has 6 rings (SSSR count). The van der Waals surface area contributed by atoms with Crippen molar-refractivity contribution in [2.75, 3.05) is 19.8 Å². The van der Waals surface area contributed by atoms with Gasteiger partial charge in [-0.25, -0.2) is 9.59 Å². The Bertz CT molecular complexity index is 1060. The Labute approximate surface area is 265 Å². The maximum absolute atomic E-state index is 12.0. The first kappa shape index (κ1) is 32.7. The van der Waals surface area contributed by atoms with Crippen molar-refractivity contribution in [2.45, 2.75) is 145 Å². The summed E-state index contributed by atoms with van der Waals surface area (Å²) < 4.78 is 44.8. The molecule has 4 atom stereocenters. The fourth-order valence-corrected chi connectivity index (χ4v) is 7.67. The van der Waals surface area contributed by atoms with Gasteiger partial charge in [0.15, 0.2) is 11.6 Å². The smallest absolute Gasteiger partial charge is 0.407 e. The molecule has 11 heteroatoms. The second-order valence-electron chi connectivity index (χ2n) is 13.2. The third-order valence-electron chi connectivity index (χ3n) is 9.84. The number of aliphatic carboxylic acids is 1. The predicted molar refractivity (Wildman–Crippen MR) is 161 cm³/mol. The van der Waals surface area contributed by atoms with Crippen molar-refractivity contribution in [3.05, 3.63) is 35.9 Å². The predicted octanol–water partition coefficient (Wildman–Crippen LogP) is 5.23. The molecule has 5 fully saturated rings. The molecule has 0 aromatic heterocycles. The molecule has 2 N–H and O–H groups in total. The van der Waals surface area contributed by atoms with E-state index in [1.54, 1.807) is 0 Å². The second kappa shape index (κ2) is 15.1. The zero-order valence-corrected chi connectivity index (χ0v) is 26.2. The number of fused-ring (bicyclic) bond motifs is 2. The van der Waals surface area contributed by atoms with E-state index in [1.165, 1.54) is 0 Å². The molecule has 1 amide bonds. The lowest BCUT2D eigenvalue weighted by Crippen LogP contribution is -2.63. The van der Waals surface area contributed by atoms with Gasteiger partial charge in [-0.2, -0.15) is 0 Å². The molecule has 45 heavy (non-hydrogen) atoms. The number of unbranched alkanes of at least 4 members (excludes halogenated alkanes) is 3. The van der Waals surface area contributed by atoms with E-state index in [9.17, 15) is 14.7 Å². The van der Waals surface area contributed by atoms with Gasteiger partial charge in [0.25, 0.3) is 0 Å². The number of benzene rings is 1. The largest absolute Gasteiger partial charge is 0.480 e. The zero-order chi connectivity index (χ0) is 31.1. The number of hydrogen-bond acceptors (Lipinski definition) is 9. The number of amides is 1. The number of rotatable bonds is 13. The third-order valence-corrected chi connectivity index (χ3v) is 9.84. The van der Waals surface area contributed by atoms with E-state index in [0.717, 1.165) is 95.5 Å². The van der Waals surface area contributed by atoms with E-state index in [-0.39, 0.29) is 6.61 Å².